The monoisotopic (exact) mass is 297 g/mol. The number of nitrogens with one attached hydrogen (secondary N) is 1. The Bertz CT molecular complexity index is 649. The number of benzene rings is 1. The van der Waals surface area contributed by atoms with E-state index in [1.807, 2.05) is 41.3 Å². The molecule has 2 aromatic rings. The van der Waals surface area contributed by atoms with Gasteiger partial charge in [0, 0.05) is 19.3 Å². The quantitative estimate of drug-likeness (QED) is 0.942. The summed E-state index contributed by atoms with van der Waals surface area (Å²) in [5.74, 6) is 1.50. The number of ether oxygens (including phenoxy) is 1. The highest BCUT2D eigenvalue weighted by atomic mass is 16.5. The van der Waals surface area contributed by atoms with E-state index in [1.54, 1.807) is 13.3 Å². The van der Waals surface area contributed by atoms with Gasteiger partial charge in [-0.25, -0.2) is 4.98 Å². The fourth-order valence-corrected chi connectivity index (χ4v) is 2.58. The number of anilines is 2. The second-order valence-electron chi connectivity index (χ2n) is 5.26. The standard InChI is InChI=1S/C17H19N3O2/c1-22-15-7-3-2-6-14(15)19-16-9-8-13(12-18-16)17(21)20-10-4-5-11-20/h2-3,6-9,12H,4-5,10-11H2,1H3,(H,18,19). The van der Waals surface area contributed by atoms with Crippen LogP contribution in [0.2, 0.25) is 0 Å². The summed E-state index contributed by atoms with van der Waals surface area (Å²) in [6.07, 6.45) is 3.80. The van der Waals surface area contributed by atoms with E-state index in [4.69, 9.17) is 4.74 Å². The first-order valence-electron chi connectivity index (χ1n) is 7.43. The lowest BCUT2D eigenvalue weighted by molar-refractivity contribution is 0.0792. The van der Waals surface area contributed by atoms with Crippen molar-refractivity contribution in [3.63, 3.8) is 0 Å². The molecular weight excluding hydrogens is 278 g/mol. The number of rotatable bonds is 4. The van der Waals surface area contributed by atoms with Crippen LogP contribution in [0.1, 0.15) is 23.2 Å². The molecule has 0 atom stereocenters. The predicted octanol–water partition coefficient (Wildman–Crippen LogP) is 3.07. The van der Waals surface area contributed by atoms with Gasteiger partial charge in [0.25, 0.3) is 5.91 Å². The molecule has 1 aromatic heterocycles. The van der Waals surface area contributed by atoms with E-state index in [9.17, 15) is 4.79 Å². The summed E-state index contributed by atoms with van der Waals surface area (Å²) in [5.41, 5.74) is 1.48. The SMILES string of the molecule is COc1ccccc1Nc1ccc(C(=O)N2CCCC2)cn1. The number of hydrogen-bond donors (Lipinski definition) is 1. The minimum Gasteiger partial charge on any atom is -0.495 e. The minimum atomic E-state index is 0.0637. The van der Waals surface area contributed by atoms with Crippen LogP contribution >= 0.6 is 0 Å². The molecule has 5 heteroatoms. The molecule has 1 N–H and O–H groups in total. The molecule has 0 saturated carbocycles. The van der Waals surface area contributed by atoms with Gasteiger partial charge in [-0.05, 0) is 37.1 Å². The summed E-state index contributed by atoms with van der Waals surface area (Å²) in [7, 11) is 1.63. The Morgan fingerprint density at radius 2 is 1.95 bits per heavy atom. The molecule has 0 radical (unpaired) electrons. The average molecular weight is 297 g/mol. The molecule has 1 fully saturated rings. The van der Waals surface area contributed by atoms with E-state index in [1.165, 1.54) is 0 Å². The fraction of sp³-hybridized carbons (Fsp3) is 0.294. The number of carbonyl (C=O) groups is 1. The van der Waals surface area contributed by atoms with Crippen LogP contribution in [0.3, 0.4) is 0 Å². The van der Waals surface area contributed by atoms with Gasteiger partial charge in [0.05, 0.1) is 18.4 Å². The van der Waals surface area contributed by atoms with Crippen LogP contribution in [0.4, 0.5) is 11.5 Å². The zero-order valence-corrected chi connectivity index (χ0v) is 12.6. The number of para-hydroxylation sites is 2. The largest absolute Gasteiger partial charge is 0.495 e. The number of likely N-dealkylation sites (tertiary alicyclic amines) is 1. The maximum absolute atomic E-state index is 12.3. The van der Waals surface area contributed by atoms with Gasteiger partial charge in [0.1, 0.15) is 11.6 Å². The van der Waals surface area contributed by atoms with Gasteiger partial charge >= 0.3 is 0 Å². The van der Waals surface area contributed by atoms with Crippen LogP contribution in [-0.4, -0.2) is 36.0 Å². The van der Waals surface area contributed by atoms with Crippen LogP contribution in [0.15, 0.2) is 42.6 Å². The van der Waals surface area contributed by atoms with Crippen molar-refractivity contribution in [2.45, 2.75) is 12.8 Å². The summed E-state index contributed by atoms with van der Waals surface area (Å²) in [6, 6.07) is 11.3. The van der Waals surface area contributed by atoms with Crippen molar-refractivity contribution in [1.82, 2.24) is 9.88 Å². The Labute approximate surface area is 129 Å². The maximum Gasteiger partial charge on any atom is 0.255 e. The highest BCUT2D eigenvalue weighted by Gasteiger charge is 2.19. The van der Waals surface area contributed by atoms with E-state index in [0.717, 1.165) is 37.4 Å². The summed E-state index contributed by atoms with van der Waals surface area (Å²) in [5, 5.41) is 3.20. The smallest absolute Gasteiger partial charge is 0.255 e. The minimum absolute atomic E-state index is 0.0637. The normalized spacial score (nSPS) is 14.0. The Hall–Kier alpha value is -2.56. The van der Waals surface area contributed by atoms with E-state index in [2.05, 4.69) is 10.3 Å². The number of aromatic nitrogens is 1. The third kappa shape index (κ3) is 3.03. The Balaban J connectivity index is 1.72. The molecule has 114 valence electrons. The van der Waals surface area contributed by atoms with Gasteiger partial charge in [-0.1, -0.05) is 12.1 Å². The number of carbonyl (C=O) groups excluding carboxylic acids is 1. The molecule has 0 unspecified atom stereocenters. The second-order valence-corrected chi connectivity index (χ2v) is 5.26. The first kappa shape index (κ1) is 14.4. The second kappa shape index (κ2) is 6.47. The summed E-state index contributed by atoms with van der Waals surface area (Å²) in [6.45, 7) is 1.69. The first-order valence-corrected chi connectivity index (χ1v) is 7.43. The molecule has 1 aliphatic heterocycles. The van der Waals surface area contributed by atoms with Crippen molar-refractivity contribution in [2.75, 3.05) is 25.5 Å². The highest BCUT2D eigenvalue weighted by Crippen LogP contribution is 2.26. The van der Waals surface area contributed by atoms with Crippen molar-refractivity contribution >= 4 is 17.4 Å². The van der Waals surface area contributed by atoms with Gasteiger partial charge < -0.3 is 15.0 Å². The van der Waals surface area contributed by atoms with Crippen molar-refractivity contribution < 1.29 is 9.53 Å². The number of nitrogens with zero attached hydrogens (tertiary/aromatic N) is 2. The predicted molar refractivity (Wildman–Crippen MR) is 85.7 cm³/mol. The van der Waals surface area contributed by atoms with Gasteiger partial charge in [-0.2, -0.15) is 0 Å². The molecule has 5 nitrogen and oxygen atoms in total. The molecule has 2 heterocycles. The summed E-state index contributed by atoms with van der Waals surface area (Å²) < 4.78 is 5.30. The van der Waals surface area contributed by atoms with Crippen LogP contribution in [0.5, 0.6) is 5.75 Å². The van der Waals surface area contributed by atoms with E-state index in [0.29, 0.717) is 11.4 Å². The third-order valence-electron chi connectivity index (χ3n) is 3.77. The molecular formula is C17H19N3O2. The molecule has 22 heavy (non-hydrogen) atoms. The number of methoxy groups -OCH3 is 1. The van der Waals surface area contributed by atoms with E-state index >= 15 is 0 Å². The Morgan fingerprint density at radius 3 is 2.64 bits per heavy atom. The maximum atomic E-state index is 12.3. The molecule has 0 bridgehead atoms. The lowest BCUT2D eigenvalue weighted by Gasteiger charge is -2.15. The number of hydrogen-bond acceptors (Lipinski definition) is 4. The number of amides is 1. The third-order valence-corrected chi connectivity index (χ3v) is 3.77. The van der Waals surface area contributed by atoms with Gasteiger partial charge in [0.15, 0.2) is 0 Å². The molecule has 1 saturated heterocycles. The molecule has 0 spiro atoms. The van der Waals surface area contributed by atoms with Gasteiger partial charge in [0.2, 0.25) is 0 Å². The van der Waals surface area contributed by atoms with Gasteiger partial charge in [-0.3, -0.25) is 4.79 Å². The average Bonchev–Trinajstić information content (AvgIpc) is 3.10. The molecule has 0 aliphatic carbocycles. The lowest BCUT2D eigenvalue weighted by atomic mass is 10.2. The van der Waals surface area contributed by atoms with E-state index in [-0.39, 0.29) is 5.91 Å². The topological polar surface area (TPSA) is 54.5 Å². The molecule has 1 amide bonds. The summed E-state index contributed by atoms with van der Waals surface area (Å²) >= 11 is 0. The fourth-order valence-electron chi connectivity index (χ4n) is 2.58. The summed E-state index contributed by atoms with van der Waals surface area (Å²) in [4.78, 5) is 18.5. The van der Waals surface area contributed by atoms with Crippen LogP contribution in [0, 0.1) is 0 Å². The first-order chi connectivity index (χ1) is 10.8. The van der Waals surface area contributed by atoms with Crippen molar-refractivity contribution in [3.8, 4) is 5.75 Å². The Morgan fingerprint density at radius 1 is 1.18 bits per heavy atom. The zero-order valence-electron chi connectivity index (χ0n) is 12.6. The zero-order chi connectivity index (χ0) is 15.4. The molecule has 1 aromatic carbocycles. The number of pyridine rings is 1. The lowest BCUT2D eigenvalue weighted by Crippen LogP contribution is -2.27. The molecule has 1 aliphatic rings. The van der Waals surface area contributed by atoms with Crippen molar-refractivity contribution in [2.24, 2.45) is 0 Å². The van der Waals surface area contributed by atoms with Gasteiger partial charge in [-0.15, -0.1) is 0 Å². The van der Waals surface area contributed by atoms with Crippen LogP contribution in [-0.2, 0) is 0 Å². The molecule has 3 rings (SSSR count). The van der Waals surface area contributed by atoms with Crippen LogP contribution in [0.25, 0.3) is 0 Å². The van der Waals surface area contributed by atoms with Crippen LogP contribution < -0.4 is 10.1 Å². The van der Waals surface area contributed by atoms with Crippen molar-refractivity contribution in [1.29, 1.82) is 0 Å². The Kier molecular flexibility index (Phi) is 4.23. The van der Waals surface area contributed by atoms with E-state index < -0.39 is 0 Å². The highest BCUT2D eigenvalue weighted by molar-refractivity contribution is 5.94. The van der Waals surface area contributed by atoms with Crippen molar-refractivity contribution in [3.05, 3.63) is 48.2 Å².